The van der Waals surface area contributed by atoms with Crippen LogP contribution in [0.2, 0.25) is 36.3 Å². The fraction of sp³-hybridized carbons (Fsp3) is 0.611. The number of likely N-dealkylation sites (tertiary alicyclic amines) is 2. The topological polar surface area (TPSA) is 59.1 Å². The average Bonchev–Trinajstić information content (AvgIpc) is 2.95. The van der Waals surface area contributed by atoms with Crippen molar-refractivity contribution in [3.63, 3.8) is 0 Å². The van der Waals surface area contributed by atoms with Gasteiger partial charge in [-0.3, -0.25) is 9.59 Å². The molecular formula is C36H58N2O4Si2. The summed E-state index contributed by atoms with van der Waals surface area (Å²) in [5, 5.41) is 0.390. The maximum atomic E-state index is 12.4. The van der Waals surface area contributed by atoms with Crippen LogP contribution in [0.4, 0.5) is 0 Å². The molecule has 2 heterocycles. The minimum atomic E-state index is -1.78. The molecule has 44 heavy (non-hydrogen) atoms. The Labute approximate surface area is 269 Å². The Balaban J connectivity index is 0.000000240. The third-order valence-electron chi connectivity index (χ3n) is 10.6. The summed E-state index contributed by atoms with van der Waals surface area (Å²) in [4.78, 5) is 28.5. The molecule has 2 aromatic rings. The van der Waals surface area contributed by atoms with E-state index in [0.29, 0.717) is 26.3 Å². The predicted octanol–water partition coefficient (Wildman–Crippen LogP) is 8.11. The van der Waals surface area contributed by atoms with Crippen molar-refractivity contribution in [1.82, 2.24) is 9.80 Å². The van der Waals surface area contributed by atoms with Crippen molar-refractivity contribution in [3.8, 4) is 0 Å². The molecule has 2 aliphatic heterocycles. The van der Waals surface area contributed by atoms with Crippen molar-refractivity contribution >= 4 is 28.4 Å². The highest BCUT2D eigenvalue weighted by atomic mass is 28.4. The SMILES string of the molecule is C[C@@H]1C(=O)N(Cc2ccccc2)[C@H]1CO[Si](C)(C)C(C)(C)C.C[C@@H]1[C@@H](CO[Si](C)(C)C(C)(C)C)C(=O)N1Cc1ccccc1. The predicted molar refractivity (Wildman–Crippen MR) is 186 cm³/mol. The first-order valence-corrected chi connectivity index (χ1v) is 22.1. The van der Waals surface area contributed by atoms with Crippen molar-refractivity contribution in [1.29, 1.82) is 0 Å². The van der Waals surface area contributed by atoms with Crippen molar-refractivity contribution < 1.29 is 18.4 Å². The van der Waals surface area contributed by atoms with E-state index in [1.807, 2.05) is 53.1 Å². The maximum Gasteiger partial charge on any atom is 0.230 e. The number of hydrogen-bond acceptors (Lipinski definition) is 4. The zero-order chi connectivity index (χ0) is 33.1. The van der Waals surface area contributed by atoms with E-state index in [4.69, 9.17) is 8.85 Å². The molecule has 2 saturated heterocycles. The minimum absolute atomic E-state index is 0.0258. The summed E-state index contributed by atoms with van der Waals surface area (Å²) in [5.74, 6) is 0.578. The Morgan fingerprint density at radius 2 is 1.05 bits per heavy atom. The van der Waals surface area contributed by atoms with E-state index >= 15 is 0 Å². The molecule has 2 aromatic carbocycles. The second-order valence-corrected chi connectivity index (χ2v) is 25.4. The number of amides is 2. The van der Waals surface area contributed by atoms with Crippen LogP contribution in [0, 0.1) is 11.8 Å². The molecule has 2 amide bonds. The number of carbonyl (C=O) groups is 2. The molecule has 0 radical (unpaired) electrons. The van der Waals surface area contributed by atoms with E-state index in [1.54, 1.807) is 0 Å². The molecule has 2 aliphatic rings. The van der Waals surface area contributed by atoms with Gasteiger partial charge >= 0.3 is 0 Å². The van der Waals surface area contributed by atoms with Gasteiger partial charge in [0.15, 0.2) is 16.6 Å². The normalized spacial score (nSPS) is 22.6. The van der Waals surface area contributed by atoms with Gasteiger partial charge in [0.25, 0.3) is 0 Å². The molecule has 0 spiro atoms. The smallest absolute Gasteiger partial charge is 0.230 e. The lowest BCUT2D eigenvalue weighted by Gasteiger charge is -2.48. The molecule has 0 unspecified atom stereocenters. The van der Waals surface area contributed by atoms with Gasteiger partial charge in [-0.1, -0.05) is 109 Å². The summed E-state index contributed by atoms with van der Waals surface area (Å²) in [5.41, 5.74) is 2.37. The number of nitrogens with zero attached hydrogens (tertiary/aromatic N) is 2. The van der Waals surface area contributed by atoms with Gasteiger partial charge in [-0.05, 0) is 54.3 Å². The van der Waals surface area contributed by atoms with Crippen LogP contribution in [0.5, 0.6) is 0 Å². The van der Waals surface area contributed by atoms with E-state index in [-0.39, 0.29) is 45.8 Å². The monoisotopic (exact) mass is 638 g/mol. The average molecular weight is 639 g/mol. The first-order valence-electron chi connectivity index (χ1n) is 16.2. The van der Waals surface area contributed by atoms with Gasteiger partial charge in [-0.2, -0.15) is 0 Å². The first kappa shape index (κ1) is 36.2. The van der Waals surface area contributed by atoms with E-state index in [2.05, 4.69) is 98.9 Å². The molecule has 8 heteroatoms. The van der Waals surface area contributed by atoms with Crippen molar-refractivity contribution in [2.45, 2.75) is 117 Å². The van der Waals surface area contributed by atoms with Gasteiger partial charge < -0.3 is 18.7 Å². The van der Waals surface area contributed by atoms with Crippen LogP contribution in [-0.2, 0) is 31.5 Å². The van der Waals surface area contributed by atoms with Crippen molar-refractivity contribution in [2.75, 3.05) is 13.2 Å². The molecular weight excluding hydrogens is 581 g/mol. The number of β-lactam (4-membered cyclic amide) rings is 2. The molecule has 0 saturated carbocycles. The van der Waals surface area contributed by atoms with Crippen LogP contribution in [0.3, 0.4) is 0 Å². The Hall–Kier alpha value is -2.27. The van der Waals surface area contributed by atoms with Gasteiger partial charge in [0, 0.05) is 25.7 Å². The van der Waals surface area contributed by atoms with Crippen LogP contribution < -0.4 is 0 Å². The Kier molecular flexibility index (Phi) is 11.5. The fourth-order valence-electron chi connectivity index (χ4n) is 4.98. The molecule has 2 fully saturated rings. The molecule has 6 nitrogen and oxygen atoms in total. The highest BCUT2D eigenvalue weighted by Crippen LogP contribution is 2.39. The third-order valence-corrected chi connectivity index (χ3v) is 19.6. The number of benzene rings is 2. The molecule has 0 N–H and O–H groups in total. The van der Waals surface area contributed by atoms with Crippen LogP contribution >= 0.6 is 0 Å². The summed E-state index contributed by atoms with van der Waals surface area (Å²) >= 11 is 0. The van der Waals surface area contributed by atoms with Crippen LogP contribution in [-0.4, -0.2) is 63.5 Å². The van der Waals surface area contributed by atoms with Gasteiger partial charge in [0.1, 0.15) is 0 Å². The van der Waals surface area contributed by atoms with E-state index in [9.17, 15) is 9.59 Å². The summed E-state index contributed by atoms with van der Waals surface area (Å²) in [6.45, 7) is 29.2. The lowest BCUT2D eigenvalue weighted by Crippen LogP contribution is -2.62. The summed E-state index contributed by atoms with van der Waals surface area (Å²) in [6, 6.07) is 20.8. The largest absolute Gasteiger partial charge is 0.416 e. The van der Waals surface area contributed by atoms with Gasteiger partial charge in [-0.25, -0.2) is 0 Å². The maximum absolute atomic E-state index is 12.4. The lowest BCUT2D eigenvalue weighted by atomic mass is 9.89. The van der Waals surface area contributed by atoms with Crippen molar-refractivity contribution in [3.05, 3.63) is 71.8 Å². The van der Waals surface area contributed by atoms with Gasteiger partial charge in [0.05, 0.1) is 24.5 Å². The molecule has 4 atom stereocenters. The first-order chi connectivity index (χ1) is 20.3. The van der Waals surface area contributed by atoms with E-state index in [1.165, 1.54) is 11.1 Å². The quantitative estimate of drug-likeness (QED) is 0.195. The Bertz CT molecular complexity index is 1240. The third kappa shape index (κ3) is 8.50. The Morgan fingerprint density at radius 3 is 1.45 bits per heavy atom. The second kappa shape index (κ2) is 14.0. The molecule has 0 aromatic heterocycles. The van der Waals surface area contributed by atoms with Crippen LogP contribution in [0.1, 0.15) is 66.5 Å². The zero-order valence-electron chi connectivity index (χ0n) is 29.4. The lowest BCUT2D eigenvalue weighted by molar-refractivity contribution is -0.159. The molecule has 0 aliphatic carbocycles. The number of rotatable bonds is 10. The fourth-order valence-corrected chi connectivity index (χ4v) is 7.03. The van der Waals surface area contributed by atoms with E-state index in [0.717, 1.165) is 0 Å². The summed E-state index contributed by atoms with van der Waals surface area (Å²) in [7, 11) is -3.54. The van der Waals surface area contributed by atoms with Crippen molar-refractivity contribution in [2.24, 2.45) is 11.8 Å². The molecule has 244 valence electrons. The second-order valence-electron chi connectivity index (χ2n) is 15.7. The highest BCUT2D eigenvalue weighted by Gasteiger charge is 2.47. The summed E-state index contributed by atoms with van der Waals surface area (Å²) < 4.78 is 12.6. The molecule has 4 rings (SSSR count). The highest BCUT2D eigenvalue weighted by molar-refractivity contribution is 6.74. The van der Waals surface area contributed by atoms with Crippen LogP contribution in [0.15, 0.2) is 60.7 Å². The van der Waals surface area contributed by atoms with E-state index < -0.39 is 16.6 Å². The summed E-state index contributed by atoms with van der Waals surface area (Å²) in [6.07, 6.45) is 0. The standard InChI is InChI=1S/2C18H29NO2Si/c1-14-16(13-21-22(5,6)18(2,3)4)17(20)19(14)12-15-10-8-7-9-11-15;1-14-16(13-21-22(5,6)18(2,3)4)19(17(14)20)12-15-10-8-7-9-11-15/h2*7-11,14,16H,12-13H2,1-6H3/t2*14-,16-/m10/s1. The van der Waals surface area contributed by atoms with Crippen LogP contribution in [0.25, 0.3) is 0 Å². The minimum Gasteiger partial charge on any atom is -0.416 e. The Morgan fingerprint density at radius 1 is 0.636 bits per heavy atom. The molecule has 0 bridgehead atoms. The number of hydrogen-bond donors (Lipinski definition) is 0. The van der Waals surface area contributed by atoms with Gasteiger partial charge in [0.2, 0.25) is 11.8 Å². The zero-order valence-corrected chi connectivity index (χ0v) is 31.4. The number of carbonyl (C=O) groups excluding carboxylic acids is 2. The van der Waals surface area contributed by atoms with Gasteiger partial charge in [-0.15, -0.1) is 0 Å².